The number of aromatic nitrogens is 1. The van der Waals surface area contributed by atoms with Gasteiger partial charge in [0, 0.05) is 29.6 Å². The van der Waals surface area contributed by atoms with Crippen molar-refractivity contribution in [3.8, 4) is 5.75 Å². The van der Waals surface area contributed by atoms with E-state index in [0.29, 0.717) is 17.7 Å². The van der Waals surface area contributed by atoms with Crippen LogP contribution in [0.2, 0.25) is 0 Å². The summed E-state index contributed by atoms with van der Waals surface area (Å²) in [5.74, 6) is -0.0974. The van der Waals surface area contributed by atoms with Gasteiger partial charge in [0.1, 0.15) is 11.8 Å². The van der Waals surface area contributed by atoms with Crippen LogP contribution in [-0.2, 0) is 11.2 Å². The molecule has 1 atom stereocenters. The molecule has 6 heteroatoms. The Balaban J connectivity index is 1.86. The third kappa shape index (κ3) is 4.34. The van der Waals surface area contributed by atoms with Crippen molar-refractivity contribution < 1.29 is 14.3 Å². The number of benzene rings is 2. The molecule has 0 aliphatic heterocycles. The summed E-state index contributed by atoms with van der Waals surface area (Å²) in [6.45, 7) is 3.78. The SMILES string of the molecule is COc1ccccc1C(=O)N[C@@H](Cc1c[nH]c2ccccc12)C(=O)NC(C)C. The molecular weight excluding hydrogens is 354 g/mol. The van der Waals surface area contributed by atoms with Gasteiger partial charge in [-0.2, -0.15) is 0 Å². The molecule has 0 fully saturated rings. The number of amides is 2. The van der Waals surface area contributed by atoms with Gasteiger partial charge in [0.15, 0.2) is 0 Å². The molecule has 0 aliphatic carbocycles. The molecule has 0 aliphatic rings. The Bertz CT molecular complexity index is 978. The van der Waals surface area contributed by atoms with E-state index in [2.05, 4.69) is 15.6 Å². The number of nitrogens with one attached hydrogen (secondary N) is 3. The Hall–Kier alpha value is -3.28. The highest BCUT2D eigenvalue weighted by atomic mass is 16.5. The van der Waals surface area contributed by atoms with Crippen LogP contribution in [0.15, 0.2) is 54.7 Å². The molecule has 0 saturated carbocycles. The van der Waals surface area contributed by atoms with Crippen molar-refractivity contribution in [1.29, 1.82) is 0 Å². The summed E-state index contributed by atoms with van der Waals surface area (Å²) in [7, 11) is 1.51. The molecule has 146 valence electrons. The minimum absolute atomic E-state index is 0.0267. The lowest BCUT2D eigenvalue weighted by Gasteiger charge is -2.20. The molecule has 2 amide bonds. The van der Waals surface area contributed by atoms with Crippen LogP contribution in [0.5, 0.6) is 5.75 Å². The standard InChI is InChI=1S/C22H25N3O3/c1-14(2)24-22(27)19(12-15-13-23-18-10-6-4-8-16(15)18)25-21(26)17-9-5-7-11-20(17)28-3/h4-11,13-14,19,23H,12H2,1-3H3,(H,24,27)(H,25,26)/t19-/m0/s1. The van der Waals surface area contributed by atoms with E-state index in [1.807, 2.05) is 44.3 Å². The normalized spacial score (nSPS) is 12.0. The second-order valence-corrected chi connectivity index (χ2v) is 6.95. The highest BCUT2D eigenvalue weighted by Crippen LogP contribution is 2.20. The summed E-state index contributed by atoms with van der Waals surface area (Å²) in [5.41, 5.74) is 2.36. The Morgan fingerprint density at radius 2 is 1.75 bits per heavy atom. The maximum absolute atomic E-state index is 12.8. The molecule has 1 heterocycles. The number of rotatable bonds is 7. The number of fused-ring (bicyclic) bond motifs is 1. The van der Waals surface area contributed by atoms with Crippen molar-refractivity contribution in [3.05, 3.63) is 65.9 Å². The van der Waals surface area contributed by atoms with Crippen molar-refractivity contribution in [2.75, 3.05) is 7.11 Å². The van der Waals surface area contributed by atoms with Gasteiger partial charge >= 0.3 is 0 Å². The molecule has 1 aromatic heterocycles. The molecule has 0 saturated heterocycles. The molecule has 28 heavy (non-hydrogen) atoms. The van der Waals surface area contributed by atoms with Gasteiger partial charge in [0.25, 0.3) is 5.91 Å². The molecule has 6 nitrogen and oxygen atoms in total. The van der Waals surface area contributed by atoms with Gasteiger partial charge in [0.2, 0.25) is 5.91 Å². The van der Waals surface area contributed by atoms with Gasteiger partial charge in [-0.05, 0) is 37.6 Å². The number of ether oxygens (including phenoxy) is 1. The lowest BCUT2D eigenvalue weighted by Crippen LogP contribution is -2.49. The summed E-state index contributed by atoms with van der Waals surface area (Å²) >= 11 is 0. The molecule has 0 unspecified atom stereocenters. The number of carbonyl (C=O) groups excluding carboxylic acids is 2. The topological polar surface area (TPSA) is 83.2 Å². The molecule has 3 aromatic rings. The third-order valence-corrected chi connectivity index (χ3v) is 4.50. The van der Waals surface area contributed by atoms with E-state index in [4.69, 9.17) is 4.74 Å². The summed E-state index contributed by atoms with van der Waals surface area (Å²) in [4.78, 5) is 28.8. The summed E-state index contributed by atoms with van der Waals surface area (Å²) in [6, 6.07) is 14.1. The lowest BCUT2D eigenvalue weighted by molar-refractivity contribution is -0.123. The molecular formula is C22H25N3O3. The monoisotopic (exact) mass is 379 g/mol. The van der Waals surface area contributed by atoms with Crippen LogP contribution in [-0.4, -0.2) is 36.0 Å². The lowest BCUT2D eigenvalue weighted by atomic mass is 10.0. The van der Waals surface area contributed by atoms with Crippen LogP contribution in [0.3, 0.4) is 0 Å². The fourth-order valence-electron chi connectivity index (χ4n) is 3.18. The first kappa shape index (κ1) is 19.5. The average Bonchev–Trinajstić information content (AvgIpc) is 3.09. The van der Waals surface area contributed by atoms with Crippen molar-refractivity contribution in [2.45, 2.75) is 32.4 Å². The van der Waals surface area contributed by atoms with E-state index in [-0.39, 0.29) is 17.9 Å². The summed E-state index contributed by atoms with van der Waals surface area (Å²) < 4.78 is 5.27. The fraction of sp³-hybridized carbons (Fsp3) is 0.273. The third-order valence-electron chi connectivity index (χ3n) is 4.50. The van der Waals surface area contributed by atoms with Crippen LogP contribution in [0.1, 0.15) is 29.8 Å². The van der Waals surface area contributed by atoms with E-state index in [1.54, 1.807) is 24.3 Å². The number of hydrogen-bond donors (Lipinski definition) is 3. The first-order chi connectivity index (χ1) is 13.5. The largest absolute Gasteiger partial charge is 0.496 e. The number of aromatic amines is 1. The van der Waals surface area contributed by atoms with Crippen LogP contribution in [0.25, 0.3) is 10.9 Å². The van der Waals surface area contributed by atoms with E-state index in [0.717, 1.165) is 16.5 Å². The quantitative estimate of drug-likeness (QED) is 0.590. The Labute approximate surface area is 164 Å². The zero-order valence-corrected chi connectivity index (χ0v) is 16.3. The zero-order chi connectivity index (χ0) is 20.1. The maximum Gasteiger partial charge on any atom is 0.255 e. The van der Waals surface area contributed by atoms with E-state index in [9.17, 15) is 9.59 Å². The second-order valence-electron chi connectivity index (χ2n) is 6.95. The van der Waals surface area contributed by atoms with Crippen molar-refractivity contribution in [1.82, 2.24) is 15.6 Å². The van der Waals surface area contributed by atoms with Gasteiger partial charge in [-0.1, -0.05) is 30.3 Å². The van der Waals surface area contributed by atoms with Crippen LogP contribution >= 0.6 is 0 Å². The molecule has 3 rings (SSSR count). The Morgan fingerprint density at radius 1 is 1.04 bits per heavy atom. The molecule has 3 N–H and O–H groups in total. The molecule has 2 aromatic carbocycles. The number of methoxy groups -OCH3 is 1. The van der Waals surface area contributed by atoms with E-state index >= 15 is 0 Å². The van der Waals surface area contributed by atoms with E-state index < -0.39 is 6.04 Å². The fourth-order valence-corrected chi connectivity index (χ4v) is 3.18. The van der Waals surface area contributed by atoms with Gasteiger partial charge in [-0.25, -0.2) is 0 Å². The highest BCUT2D eigenvalue weighted by Gasteiger charge is 2.24. The van der Waals surface area contributed by atoms with Gasteiger partial charge in [-0.3, -0.25) is 9.59 Å². The average molecular weight is 379 g/mol. The predicted molar refractivity (Wildman–Crippen MR) is 110 cm³/mol. The first-order valence-electron chi connectivity index (χ1n) is 9.29. The first-order valence-corrected chi connectivity index (χ1v) is 9.29. The predicted octanol–water partition coefficient (Wildman–Crippen LogP) is 3.04. The Kier molecular flexibility index (Phi) is 5.99. The molecule has 0 bridgehead atoms. The molecule has 0 radical (unpaired) electrons. The van der Waals surface area contributed by atoms with Gasteiger partial charge < -0.3 is 20.4 Å². The minimum Gasteiger partial charge on any atom is -0.496 e. The number of hydrogen-bond acceptors (Lipinski definition) is 3. The number of carbonyl (C=O) groups is 2. The van der Waals surface area contributed by atoms with Crippen LogP contribution in [0, 0.1) is 0 Å². The zero-order valence-electron chi connectivity index (χ0n) is 16.3. The summed E-state index contributed by atoms with van der Waals surface area (Å²) in [5, 5.41) is 6.80. The van der Waals surface area contributed by atoms with Crippen molar-refractivity contribution >= 4 is 22.7 Å². The number of H-pyrrole nitrogens is 1. The highest BCUT2D eigenvalue weighted by molar-refractivity contribution is 6.00. The number of para-hydroxylation sites is 2. The summed E-state index contributed by atoms with van der Waals surface area (Å²) in [6.07, 6.45) is 2.26. The van der Waals surface area contributed by atoms with E-state index in [1.165, 1.54) is 7.11 Å². The van der Waals surface area contributed by atoms with Crippen molar-refractivity contribution in [2.24, 2.45) is 0 Å². The maximum atomic E-state index is 12.8. The van der Waals surface area contributed by atoms with Crippen LogP contribution in [0.4, 0.5) is 0 Å². The smallest absolute Gasteiger partial charge is 0.255 e. The second kappa shape index (κ2) is 8.61. The Morgan fingerprint density at radius 3 is 2.50 bits per heavy atom. The van der Waals surface area contributed by atoms with Crippen LogP contribution < -0.4 is 15.4 Å². The minimum atomic E-state index is -0.709. The van der Waals surface area contributed by atoms with Crippen molar-refractivity contribution in [3.63, 3.8) is 0 Å². The van der Waals surface area contributed by atoms with Gasteiger partial charge in [0.05, 0.1) is 12.7 Å². The molecule has 0 spiro atoms. The van der Waals surface area contributed by atoms with Gasteiger partial charge in [-0.15, -0.1) is 0 Å².